The van der Waals surface area contributed by atoms with Gasteiger partial charge in [-0.3, -0.25) is 0 Å². The Morgan fingerprint density at radius 1 is 0.435 bits per heavy atom. The minimum absolute atomic E-state index is 0.0379. The molecule has 0 radical (unpaired) electrons. The van der Waals surface area contributed by atoms with Crippen LogP contribution in [-0.4, -0.2) is 0 Å². The minimum atomic E-state index is -0.0612. The lowest BCUT2D eigenvalue weighted by Gasteiger charge is -2.42. The summed E-state index contributed by atoms with van der Waals surface area (Å²) >= 11 is 0. The Kier molecular flexibility index (Phi) is 11.6. The molecule has 1 aromatic heterocycles. The molecule has 0 saturated heterocycles. The molecule has 0 N–H and O–H groups in total. The highest BCUT2D eigenvalue weighted by Crippen LogP contribution is 2.53. The number of fused-ring (bicyclic) bond motifs is 3. The van der Waals surface area contributed by atoms with Crippen LogP contribution in [0.3, 0.4) is 0 Å². The molecule has 3 nitrogen and oxygen atoms in total. The van der Waals surface area contributed by atoms with Crippen molar-refractivity contribution in [2.24, 2.45) is 0 Å². The lowest BCUT2D eigenvalue weighted by atomic mass is 9.63. The topological polar surface area (TPSA) is 19.6 Å². The highest BCUT2D eigenvalue weighted by Gasteiger charge is 2.40. The Balaban J connectivity index is 1.33. The van der Waals surface area contributed by atoms with Crippen molar-refractivity contribution in [3.63, 3.8) is 0 Å². The summed E-state index contributed by atoms with van der Waals surface area (Å²) in [5.74, 6) is 0. The van der Waals surface area contributed by atoms with E-state index in [1.54, 1.807) is 0 Å². The summed E-state index contributed by atoms with van der Waals surface area (Å²) in [7, 11) is 0. The van der Waals surface area contributed by atoms with Crippen LogP contribution in [0.1, 0.15) is 178 Å². The Morgan fingerprint density at radius 3 is 1.48 bits per heavy atom. The maximum absolute atomic E-state index is 6.75. The Bertz CT molecular complexity index is 3080. The molecule has 0 fully saturated rings. The first-order valence-electron chi connectivity index (χ1n) is 25.8. The number of furan rings is 1. The van der Waals surface area contributed by atoms with Crippen LogP contribution in [-0.2, 0) is 32.5 Å². The molecule has 0 bridgehead atoms. The second-order valence-corrected chi connectivity index (χ2v) is 26.1. The van der Waals surface area contributed by atoms with Gasteiger partial charge in [0.25, 0.3) is 0 Å². The predicted molar refractivity (Wildman–Crippen MR) is 298 cm³/mol. The van der Waals surface area contributed by atoms with Gasteiger partial charge in [-0.25, -0.2) is 0 Å². The van der Waals surface area contributed by atoms with Crippen molar-refractivity contribution >= 4 is 45.1 Å². The van der Waals surface area contributed by atoms with E-state index in [9.17, 15) is 0 Å². The number of aryl methyl sites for hydroxylation is 4. The molecule has 0 unspecified atom stereocenters. The summed E-state index contributed by atoms with van der Waals surface area (Å²) in [5.41, 5.74) is 23.8. The van der Waals surface area contributed by atoms with E-state index in [0.29, 0.717) is 0 Å². The maximum atomic E-state index is 6.75. The van der Waals surface area contributed by atoms with E-state index in [0.717, 1.165) is 64.4 Å². The molecule has 7 aromatic rings. The molecule has 6 aromatic carbocycles. The number of nitrogens with zero attached hydrogens (tertiary/aromatic N) is 2. The van der Waals surface area contributed by atoms with Gasteiger partial charge in [0.1, 0.15) is 11.8 Å². The van der Waals surface area contributed by atoms with Crippen molar-refractivity contribution in [1.29, 1.82) is 0 Å². The molecule has 0 spiro atoms. The van der Waals surface area contributed by atoms with E-state index in [1.165, 1.54) is 73.2 Å². The highest BCUT2D eigenvalue weighted by atomic mass is 16.3. The highest BCUT2D eigenvalue weighted by molar-refractivity contribution is 5.98. The maximum Gasteiger partial charge on any atom is 0.136 e. The van der Waals surface area contributed by atoms with Gasteiger partial charge in [-0.2, -0.15) is 0 Å². The van der Waals surface area contributed by atoms with Crippen LogP contribution in [0.2, 0.25) is 0 Å². The molecule has 3 heteroatoms. The van der Waals surface area contributed by atoms with E-state index in [-0.39, 0.29) is 32.5 Å². The van der Waals surface area contributed by atoms with Crippen LogP contribution in [0.15, 0.2) is 114 Å². The van der Waals surface area contributed by atoms with Crippen molar-refractivity contribution in [3.8, 4) is 11.1 Å². The standard InChI is InChI=1S/C66H80N2O/c1-41-28-43(3)60(44(4)29-41)45-20-19-21-48(32-45)67(52-34-46(61(5,6)7)33-47(35-52)62(8,9)10)50-30-42(2)31-51(36-50)68(49-22-23-54-55(37-49)64(13,14)25-24-63(54,11)12)58-40-69-59-39-57-56(38-53(58)59)65(15,16)26-27-66(57,17)18/h19-23,28-40H,24-27H2,1-18H3. The van der Waals surface area contributed by atoms with Crippen molar-refractivity contribution in [3.05, 3.63) is 165 Å². The van der Waals surface area contributed by atoms with Gasteiger partial charge in [-0.05, 0) is 214 Å². The molecule has 2 aliphatic rings. The van der Waals surface area contributed by atoms with E-state index in [1.807, 2.05) is 6.26 Å². The Hall–Kier alpha value is -5.54. The summed E-state index contributed by atoms with van der Waals surface area (Å²) < 4.78 is 6.75. The smallest absolute Gasteiger partial charge is 0.136 e. The molecule has 2 aliphatic carbocycles. The first-order chi connectivity index (χ1) is 32.0. The monoisotopic (exact) mass is 917 g/mol. The number of anilines is 6. The van der Waals surface area contributed by atoms with Crippen molar-refractivity contribution < 1.29 is 4.42 Å². The Labute approximate surface area is 416 Å². The minimum Gasteiger partial charge on any atom is -0.462 e. The van der Waals surface area contributed by atoms with Crippen molar-refractivity contribution in [1.82, 2.24) is 0 Å². The van der Waals surface area contributed by atoms with Gasteiger partial charge in [0.2, 0.25) is 0 Å². The third-order valence-electron chi connectivity index (χ3n) is 16.4. The molecule has 0 aliphatic heterocycles. The van der Waals surface area contributed by atoms with E-state index in [2.05, 4.69) is 238 Å². The van der Waals surface area contributed by atoms with Gasteiger partial charge in [-0.1, -0.05) is 139 Å². The normalized spacial score (nSPS) is 17.1. The fourth-order valence-electron chi connectivity index (χ4n) is 11.9. The quantitative estimate of drug-likeness (QED) is 0.159. The largest absolute Gasteiger partial charge is 0.462 e. The average Bonchev–Trinajstić information content (AvgIpc) is 3.65. The zero-order valence-corrected chi connectivity index (χ0v) is 45.5. The zero-order valence-electron chi connectivity index (χ0n) is 45.5. The molecule has 69 heavy (non-hydrogen) atoms. The van der Waals surface area contributed by atoms with E-state index >= 15 is 0 Å². The van der Waals surface area contributed by atoms with Gasteiger partial charge in [0.15, 0.2) is 0 Å². The number of hydrogen-bond donors (Lipinski definition) is 0. The van der Waals surface area contributed by atoms with Gasteiger partial charge in [-0.15, -0.1) is 0 Å². The molecule has 0 amide bonds. The second-order valence-electron chi connectivity index (χ2n) is 26.1. The van der Waals surface area contributed by atoms with Gasteiger partial charge < -0.3 is 14.2 Å². The number of benzene rings is 6. The van der Waals surface area contributed by atoms with Gasteiger partial charge in [0, 0.05) is 33.8 Å². The SMILES string of the molecule is Cc1cc(N(c2cccc(-c3c(C)cc(C)cc3C)c2)c2cc(C(C)(C)C)cc(C(C)(C)C)c2)cc(N(c2ccc3c(c2)C(C)(C)CCC3(C)C)c2coc3cc4c(cc23)C(C)(C)CCC4(C)C)c1. The average molecular weight is 917 g/mol. The van der Waals surface area contributed by atoms with E-state index in [4.69, 9.17) is 4.42 Å². The molecule has 360 valence electrons. The summed E-state index contributed by atoms with van der Waals surface area (Å²) in [6.45, 7) is 42.4. The molecule has 1 heterocycles. The van der Waals surface area contributed by atoms with Crippen LogP contribution in [0, 0.1) is 27.7 Å². The molecule has 0 saturated carbocycles. The van der Waals surface area contributed by atoms with Crippen LogP contribution < -0.4 is 9.80 Å². The Morgan fingerprint density at radius 2 is 0.913 bits per heavy atom. The summed E-state index contributed by atoms with van der Waals surface area (Å²) in [6, 6.07) is 40.5. The third-order valence-corrected chi connectivity index (χ3v) is 16.4. The van der Waals surface area contributed by atoms with Gasteiger partial charge >= 0.3 is 0 Å². The van der Waals surface area contributed by atoms with Crippen molar-refractivity contribution in [2.75, 3.05) is 9.80 Å². The number of hydrogen-bond acceptors (Lipinski definition) is 3. The molecular formula is C66H80N2O. The number of rotatable bonds is 7. The lowest BCUT2D eigenvalue weighted by Crippen LogP contribution is -2.34. The van der Waals surface area contributed by atoms with Crippen LogP contribution in [0.25, 0.3) is 22.1 Å². The van der Waals surface area contributed by atoms with Crippen LogP contribution in [0.4, 0.5) is 34.1 Å². The lowest BCUT2D eigenvalue weighted by molar-refractivity contribution is 0.332. The molecular weight excluding hydrogens is 837 g/mol. The first-order valence-corrected chi connectivity index (χ1v) is 25.8. The van der Waals surface area contributed by atoms with Crippen molar-refractivity contribution in [2.45, 2.75) is 183 Å². The predicted octanol–water partition coefficient (Wildman–Crippen LogP) is 19.6. The van der Waals surface area contributed by atoms with Crippen LogP contribution in [0.5, 0.6) is 0 Å². The first kappa shape index (κ1) is 48.5. The fourth-order valence-corrected chi connectivity index (χ4v) is 11.9. The summed E-state index contributed by atoms with van der Waals surface area (Å²) in [6.07, 6.45) is 6.66. The zero-order chi connectivity index (χ0) is 50.0. The van der Waals surface area contributed by atoms with Crippen LogP contribution >= 0.6 is 0 Å². The third kappa shape index (κ3) is 8.87. The second kappa shape index (κ2) is 16.5. The molecule has 9 rings (SSSR count). The van der Waals surface area contributed by atoms with Gasteiger partial charge in [0.05, 0.1) is 5.69 Å². The van der Waals surface area contributed by atoms with E-state index < -0.39 is 0 Å². The fraction of sp³-hybridized carbons (Fsp3) is 0.424. The summed E-state index contributed by atoms with van der Waals surface area (Å²) in [5, 5.41) is 1.15. The molecule has 0 atom stereocenters. The summed E-state index contributed by atoms with van der Waals surface area (Å²) in [4.78, 5) is 5.03.